The van der Waals surface area contributed by atoms with E-state index in [1.807, 2.05) is 0 Å². The minimum absolute atomic E-state index is 0.0206. The van der Waals surface area contributed by atoms with Gasteiger partial charge >= 0.3 is 6.01 Å². The van der Waals surface area contributed by atoms with Crippen molar-refractivity contribution in [3.05, 3.63) is 47.8 Å². The molecule has 0 radical (unpaired) electrons. The van der Waals surface area contributed by atoms with Crippen LogP contribution in [0.2, 0.25) is 0 Å². The first kappa shape index (κ1) is 11.4. The molecule has 4 nitrogen and oxygen atoms in total. The van der Waals surface area contributed by atoms with Gasteiger partial charge < -0.3 is 10.5 Å². The van der Waals surface area contributed by atoms with Gasteiger partial charge in [0.05, 0.1) is 0 Å². The normalized spacial score (nSPS) is 10.3. The molecule has 2 aromatic rings. The number of nitrogens with zero attached hydrogens (tertiary/aromatic N) is 2. The number of hydrogen-bond donors (Lipinski definition) is 1. The second kappa shape index (κ2) is 4.84. The lowest BCUT2D eigenvalue weighted by molar-refractivity contribution is 0.407. The summed E-state index contributed by atoms with van der Waals surface area (Å²) >= 11 is 0. The van der Waals surface area contributed by atoms with Gasteiger partial charge in [-0.1, -0.05) is 0 Å². The first-order chi connectivity index (χ1) is 8.19. The fourth-order valence-electron chi connectivity index (χ4n) is 1.16. The summed E-state index contributed by atoms with van der Waals surface area (Å²) < 4.78 is 30.9. The van der Waals surface area contributed by atoms with Gasteiger partial charge in [0.2, 0.25) is 0 Å². The van der Waals surface area contributed by atoms with E-state index in [4.69, 9.17) is 10.5 Å². The molecule has 0 aliphatic heterocycles. The molecule has 0 spiro atoms. The number of aromatic nitrogens is 2. The quantitative estimate of drug-likeness (QED) is 0.886. The highest BCUT2D eigenvalue weighted by molar-refractivity contribution is 5.27. The highest BCUT2D eigenvalue weighted by Crippen LogP contribution is 2.21. The average Bonchev–Trinajstić information content (AvgIpc) is 2.34. The second-order valence-electron chi connectivity index (χ2n) is 3.25. The number of benzene rings is 1. The van der Waals surface area contributed by atoms with Gasteiger partial charge in [0, 0.05) is 30.6 Å². The van der Waals surface area contributed by atoms with Crippen molar-refractivity contribution < 1.29 is 13.5 Å². The lowest BCUT2D eigenvalue weighted by Gasteiger charge is -2.04. The highest BCUT2D eigenvalue weighted by atomic mass is 19.1. The van der Waals surface area contributed by atoms with Crippen LogP contribution < -0.4 is 10.5 Å². The minimum Gasteiger partial charge on any atom is -0.421 e. The Labute approximate surface area is 96.1 Å². The Balaban J connectivity index is 2.19. The topological polar surface area (TPSA) is 61.0 Å². The monoisotopic (exact) mass is 237 g/mol. The number of nitrogens with two attached hydrogens (primary N) is 1. The van der Waals surface area contributed by atoms with E-state index in [9.17, 15) is 8.78 Å². The summed E-state index contributed by atoms with van der Waals surface area (Å²) in [5.74, 6) is -1.61. The molecule has 1 aromatic carbocycles. The number of rotatable bonds is 3. The molecule has 0 aliphatic rings. The SMILES string of the molecule is NCc1cnc(Oc2ccc(F)cc2F)nc1. The maximum Gasteiger partial charge on any atom is 0.321 e. The van der Waals surface area contributed by atoms with E-state index < -0.39 is 11.6 Å². The molecule has 17 heavy (non-hydrogen) atoms. The minimum atomic E-state index is -0.809. The first-order valence-corrected chi connectivity index (χ1v) is 4.83. The van der Waals surface area contributed by atoms with Crippen molar-refractivity contribution in [2.75, 3.05) is 0 Å². The van der Waals surface area contributed by atoms with Crippen LogP contribution in [0.4, 0.5) is 8.78 Å². The van der Waals surface area contributed by atoms with Crippen molar-refractivity contribution in [2.24, 2.45) is 5.73 Å². The van der Waals surface area contributed by atoms with Crippen LogP contribution in [0.25, 0.3) is 0 Å². The molecule has 0 aliphatic carbocycles. The number of halogens is 2. The van der Waals surface area contributed by atoms with Crippen LogP contribution in [0.1, 0.15) is 5.56 Å². The lowest BCUT2D eigenvalue weighted by atomic mass is 10.3. The van der Waals surface area contributed by atoms with E-state index in [-0.39, 0.29) is 11.8 Å². The molecule has 0 bridgehead atoms. The van der Waals surface area contributed by atoms with Crippen molar-refractivity contribution in [1.82, 2.24) is 9.97 Å². The standard InChI is InChI=1S/C11H9F2N3O/c12-8-1-2-10(9(13)3-8)17-11-15-5-7(4-14)6-16-11/h1-3,5-6H,4,14H2. The van der Waals surface area contributed by atoms with Crippen LogP contribution in [-0.4, -0.2) is 9.97 Å². The van der Waals surface area contributed by atoms with Crippen LogP contribution in [-0.2, 0) is 6.54 Å². The van der Waals surface area contributed by atoms with Crippen LogP contribution >= 0.6 is 0 Å². The van der Waals surface area contributed by atoms with E-state index >= 15 is 0 Å². The fourth-order valence-corrected chi connectivity index (χ4v) is 1.16. The van der Waals surface area contributed by atoms with E-state index in [1.54, 1.807) is 0 Å². The fraction of sp³-hybridized carbons (Fsp3) is 0.0909. The summed E-state index contributed by atoms with van der Waals surface area (Å²) in [6.07, 6.45) is 2.95. The van der Waals surface area contributed by atoms with Gasteiger partial charge in [0.15, 0.2) is 11.6 Å². The van der Waals surface area contributed by atoms with Gasteiger partial charge in [-0.15, -0.1) is 0 Å². The molecule has 2 rings (SSSR count). The molecular formula is C11H9F2N3O. The Morgan fingerprint density at radius 1 is 1.18 bits per heavy atom. The van der Waals surface area contributed by atoms with Crippen molar-refractivity contribution in [3.8, 4) is 11.8 Å². The Morgan fingerprint density at radius 3 is 2.47 bits per heavy atom. The van der Waals surface area contributed by atoms with E-state index in [1.165, 1.54) is 18.5 Å². The van der Waals surface area contributed by atoms with E-state index in [0.717, 1.165) is 17.7 Å². The summed E-state index contributed by atoms with van der Waals surface area (Å²) in [7, 11) is 0. The maximum absolute atomic E-state index is 13.2. The predicted molar refractivity (Wildman–Crippen MR) is 56.4 cm³/mol. The van der Waals surface area contributed by atoms with Gasteiger partial charge in [-0.2, -0.15) is 0 Å². The van der Waals surface area contributed by atoms with Gasteiger partial charge in [-0.25, -0.2) is 18.7 Å². The van der Waals surface area contributed by atoms with E-state index in [0.29, 0.717) is 6.54 Å². The molecule has 2 N–H and O–H groups in total. The summed E-state index contributed by atoms with van der Waals surface area (Å²) in [5, 5.41) is 0. The molecule has 1 aromatic heterocycles. The smallest absolute Gasteiger partial charge is 0.321 e. The summed E-state index contributed by atoms with van der Waals surface area (Å²) in [6.45, 7) is 0.311. The van der Waals surface area contributed by atoms with Crippen LogP contribution in [0, 0.1) is 11.6 Å². The zero-order valence-corrected chi connectivity index (χ0v) is 8.73. The maximum atomic E-state index is 13.2. The zero-order chi connectivity index (χ0) is 12.3. The van der Waals surface area contributed by atoms with Crippen molar-refractivity contribution in [1.29, 1.82) is 0 Å². The van der Waals surface area contributed by atoms with Crippen molar-refractivity contribution in [3.63, 3.8) is 0 Å². The third-order valence-corrected chi connectivity index (χ3v) is 2.01. The molecule has 0 fully saturated rings. The molecular weight excluding hydrogens is 228 g/mol. The van der Waals surface area contributed by atoms with Crippen LogP contribution in [0.5, 0.6) is 11.8 Å². The Kier molecular flexibility index (Phi) is 3.24. The third-order valence-electron chi connectivity index (χ3n) is 2.01. The Bertz CT molecular complexity index is 517. The highest BCUT2D eigenvalue weighted by Gasteiger charge is 2.07. The third kappa shape index (κ3) is 2.73. The molecule has 6 heteroatoms. The van der Waals surface area contributed by atoms with Gasteiger partial charge in [-0.05, 0) is 12.1 Å². The molecule has 1 heterocycles. The van der Waals surface area contributed by atoms with Crippen LogP contribution in [0.15, 0.2) is 30.6 Å². The number of hydrogen-bond acceptors (Lipinski definition) is 4. The Morgan fingerprint density at radius 2 is 1.88 bits per heavy atom. The Hall–Kier alpha value is -2.08. The molecule has 0 saturated heterocycles. The van der Waals surface area contributed by atoms with E-state index in [2.05, 4.69) is 9.97 Å². The van der Waals surface area contributed by atoms with Crippen molar-refractivity contribution >= 4 is 0 Å². The van der Waals surface area contributed by atoms with Gasteiger partial charge in [0.25, 0.3) is 0 Å². The van der Waals surface area contributed by atoms with Gasteiger partial charge in [0.1, 0.15) is 5.82 Å². The van der Waals surface area contributed by atoms with Gasteiger partial charge in [-0.3, -0.25) is 0 Å². The summed E-state index contributed by atoms with van der Waals surface area (Å²) in [6, 6.07) is 2.97. The molecule has 88 valence electrons. The first-order valence-electron chi connectivity index (χ1n) is 4.83. The molecule has 0 atom stereocenters. The molecule has 0 saturated carbocycles. The predicted octanol–water partition coefficient (Wildman–Crippen LogP) is 2.01. The summed E-state index contributed by atoms with van der Waals surface area (Å²) in [4.78, 5) is 7.67. The van der Waals surface area contributed by atoms with Crippen molar-refractivity contribution in [2.45, 2.75) is 6.54 Å². The summed E-state index contributed by atoms with van der Waals surface area (Å²) in [5.41, 5.74) is 6.10. The lowest BCUT2D eigenvalue weighted by Crippen LogP contribution is -2.00. The van der Waals surface area contributed by atoms with Crippen LogP contribution in [0.3, 0.4) is 0 Å². The molecule has 0 amide bonds. The average molecular weight is 237 g/mol. The number of ether oxygens (including phenoxy) is 1. The molecule has 0 unspecified atom stereocenters. The largest absolute Gasteiger partial charge is 0.421 e. The second-order valence-corrected chi connectivity index (χ2v) is 3.25. The zero-order valence-electron chi connectivity index (χ0n) is 8.73.